The maximum Gasteiger partial charge on any atom is 0.159 e. The summed E-state index contributed by atoms with van der Waals surface area (Å²) in [5, 5.41) is 4.41. The van der Waals surface area contributed by atoms with E-state index in [9.17, 15) is 0 Å². The van der Waals surface area contributed by atoms with Crippen LogP contribution < -0.4 is 4.90 Å². The summed E-state index contributed by atoms with van der Waals surface area (Å²) >= 11 is 0. The quantitative estimate of drug-likeness (QED) is 0.164. The number of nitrogens with zero attached hydrogens (tertiary/aromatic N) is 1. The predicted molar refractivity (Wildman–Crippen MR) is 237 cm³/mol. The molecule has 0 fully saturated rings. The van der Waals surface area contributed by atoms with Crippen molar-refractivity contribution in [2.45, 2.75) is 0 Å². The average Bonchev–Trinajstić information content (AvgIpc) is 3.87. The van der Waals surface area contributed by atoms with Crippen molar-refractivity contribution >= 4 is 60.9 Å². The van der Waals surface area contributed by atoms with Crippen molar-refractivity contribution < 1.29 is 8.83 Å². The number of fused-ring (bicyclic) bond motifs is 6. The minimum absolute atomic E-state index is 0.842. The van der Waals surface area contributed by atoms with Gasteiger partial charge in [-0.15, -0.1) is 0 Å². The van der Waals surface area contributed by atoms with Gasteiger partial charge < -0.3 is 13.7 Å². The smallest absolute Gasteiger partial charge is 0.159 e. The Morgan fingerprint density at radius 3 is 1.42 bits per heavy atom. The van der Waals surface area contributed by atoms with Crippen LogP contribution in [-0.4, -0.2) is 0 Å². The standard InChI is InChI=1S/C54H35NO2/c1-3-15-36(16-4-1)41-19-7-8-20-42(41)38-29-31-39(32-30-38)55(50-26-14-25-48-45-22-10-12-28-52(45)57-54(48)50)40-33-34-43(49(35-40)37-17-5-2-6-18-37)46-23-13-24-47-44-21-9-11-27-51(44)56-53(46)47/h1-35H. The molecule has 0 unspecified atom stereocenters. The fourth-order valence-corrected chi connectivity index (χ4v) is 8.45. The summed E-state index contributed by atoms with van der Waals surface area (Å²) in [5.41, 5.74) is 15.6. The van der Waals surface area contributed by atoms with Crippen LogP contribution in [0.5, 0.6) is 0 Å². The molecule has 0 bridgehead atoms. The molecule has 11 aromatic rings. The first kappa shape index (κ1) is 32.8. The van der Waals surface area contributed by atoms with E-state index < -0.39 is 0 Å². The molecule has 2 heterocycles. The number of hydrogen-bond acceptors (Lipinski definition) is 3. The third-order valence-electron chi connectivity index (χ3n) is 11.1. The summed E-state index contributed by atoms with van der Waals surface area (Å²) in [6, 6.07) is 75.0. The van der Waals surface area contributed by atoms with E-state index in [0.717, 1.165) is 88.8 Å². The topological polar surface area (TPSA) is 29.5 Å². The van der Waals surface area contributed by atoms with Gasteiger partial charge in [0.15, 0.2) is 5.58 Å². The van der Waals surface area contributed by atoms with Crippen molar-refractivity contribution in [3.63, 3.8) is 0 Å². The molecule has 0 N–H and O–H groups in total. The Morgan fingerprint density at radius 2 is 0.754 bits per heavy atom. The summed E-state index contributed by atoms with van der Waals surface area (Å²) < 4.78 is 13.3. The van der Waals surface area contributed by atoms with E-state index in [4.69, 9.17) is 8.83 Å². The molecule has 0 saturated heterocycles. The Kier molecular flexibility index (Phi) is 7.82. The van der Waals surface area contributed by atoms with E-state index in [2.05, 4.69) is 193 Å². The monoisotopic (exact) mass is 729 g/mol. The molecule has 3 heteroatoms. The summed E-state index contributed by atoms with van der Waals surface area (Å²) in [5.74, 6) is 0. The van der Waals surface area contributed by atoms with Gasteiger partial charge in [-0.2, -0.15) is 0 Å². The molecule has 57 heavy (non-hydrogen) atoms. The molecule has 2 aromatic heterocycles. The average molecular weight is 730 g/mol. The lowest BCUT2D eigenvalue weighted by molar-refractivity contribution is 0.669. The summed E-state index contributed by atoms with van der Waals surface area (Å²) in [6.45, 7) is 0. The predicted octanol–water partition coefficient (Wildman–Crippen LogP) is 15.6. The Hall–Kier alpha value is -7.62. The van der Waals surface area contributed by atoms with E-state index in [-0.39, 0.29) is 0 Å². The molecule has 0 saturated carbocycles. The van der Waals surface area contributed by atoms with Gasteiger partial charge >= 0.3 is 0 Å². The molecule has 0 atom stereocenters. The van der Waals surface area contributed by atoms with Gasteiger partial charge in [-0.05, 0) is 81.4 Å². The zero-order valence-electron chi connectivity index (χ0n) is 31.0. The van der Waals surface area contributed by atoms with Gasteiger partial charge in [0, 0.05) is 38.5 Å². The molecule has 11 rings (SSSR count). The Bertz CT molecular complexity index is 3230. The third kappa shape index (κ3) is 5.60. The molecule has 0 radical (unpaired) electrons. The largest absolute Gasteiger partial charge is 0.455 e. The van der Waals surface area contributed by atoms with E-state index in [1.54, 1.807) is 0 Å². The number of hydrogen-bond donors (Lipinski definition) is 0. The second-order valence-electron chi connectivity index (χ2n) is 14.4. The van der Waals surface area contributed by atoms with E-state index in [1.807, 2.05) is 24.3 Å². The van der Waals surface area contributed by atoms with Gasteiger partial charge in [-0.3, -0.25) is 0 Å². The zero-order valence-corrected chi connectivity index (χ0v) is 31.0. The molecule has 9 aromatic carbocycles. The highest BCUT2D eigenvalue weighted by Gasteiger charge is 2.22. The lowest BCUT2D eigenvalue weighted by atomic mass is 9.92. The van der Waals surface area contributed by atoms with Crippen molar-refractivity contribution in [1.29, 1.82) is 0 Å². The highest BCUT2D eigenvalue weighted by Crippen LogP contribution is 2.46. The van der Waals surface area contributed by atoms with E-state index >= 15 is 0 Å². The van der Waals surface area contributed by atoms with Crippen LogP contribution in [0, 0.1) is 0 Å². The van der Waals surface area contributed by atoms with E-state index in [0.29, 0.717) is 0 Å². The van der Waals surface area contributed by atoms with Crippen LogP contribution in [0.25, 0.3) is 88.4 Å². The van der Waals surface area contributed by atoms with Crippen molar-refractivity contribution in [3.05, 3.63) is 212 Å². The van der Waals surface area contributed by atoms with Crippen LogP contribution in [0.4, 0.5) is 17.1 Å². The second-order valence-corrected chi connectivity index (χ2v) is 14.4. The van der Waals surface area contributed by atoms with Crippen LogP contribution in [0.2, 0.25) is 0 Å². The van der Waals surface area contributed by atoms with Crippen LogP contribution in [-0.2, 0) is 0 Å². The van der Waals surface area contributed by atoms with Gasteiger partial charge in [0.25, 0.3) is 0 Å². The fraction of sp³-hybridized carbons (Fsp3) is 0. The SMILES string of the molecule is c1ccc(-c2ccccc2-c2ccc(N(c3ccc(-c4cccc5c4oc4ccccc45)c(-c4ccccc4)c3)c3cccc4c3oc3ccccc34)cc2)cc1. The maximum atomic E-state index is 6.70. The Morgan fingerprint density at radius 1 is 0.281 bits per heavy atom. The first-order chi connectivity index (χ1) is 28.3. The Labute approximate surface area is 330 Å². The normalized spacial score (nSPS) is 11.5. The van der Waals surface area contributed by atoms with Crippen LogP contribution in [0.3, 0.4) is 0 Å². The first-order valence-electron chi connectivity index (χ1n) is 19.3. The highest BCUT2D eigenvalue weighted by atomic mass is 16.3. The van der Waals surface area contributed by atoms with Gasteiger partial charge in [-0.25, -0.2) is 0 Å². The molecule has 268 valence electrons. The zero-order chi connectivity index (χ0) is 37.7. The van der Waals surface area contributed by atoms with Crippen molar-refractivity contribution in [2.75, 3.05) is 4.90 Å². The number of para-hydroxylation sites is 4. The minimum atomic E-state index is 0.842. The fourth-order valence-electron chi connectivity index (χ4n) is 8.45. The molecule has 3 nitrogen and oxygen atoms in total. The lowest BCUT2D eigenvalue weighted by Gasteiger charge is -2.27. The van der Waals surface area contributed by atoms with Crippen molar-refractivity contribution in [1.82, 2.24) is 0 Å². The van der Waals surface area contributed by atoms with Gasteiger partial charge in [0.2, 0.25) is 0 Å². The van der Waals surface area contributed by atoms with Crippen LogP contribution >= 0.6 is 0 Å². The van der Waals surface area contributed by atoms with Gasteiger partial charge in [0.05, 0.1) is 5.69 Å². The Balaban J connectivity index is 1.12. The summed E-state index contributed by atoms with van der Waals surface area (Å²) in [6.07, 6.45) is 0. The second kappa shape index (κ2) is 13.6. The number of anilines is 3. The molecule has 0 aliphatic heterocycles. The van der Waals surface area contributed by atoms with E-state index in [1.165, 1.54) is 16.7 Å². The number of benzene rings is 9. The molecule has 0 aliphatic rings. The number of furan rings is 2. The third-order valence-corrected chi connectivity index (χ3v) is 11.1. The van der Waals surface area contributed by atoms with Gasteiger partial charge in [0.1, 0.15) is 16.7 Å². The molecule has 0 aliphatic carbocycles. The molecule has 0 amide bonds. The molecule has 0 spiro atoms. The van der Waals surface area contributed by atoms with Crippen molar-refractivity contribution in [2.24, 2.45) is 0 Å². The summed E-state index contributed by atoms with van der Waals surface area (Å²) in [4.78, 5) is 2.33. The number of rotatable bonds is 7. The lowest BCUT2D eigenvalue weighted by Crippen LogP contribution is -2.10. The first-order valence-corrected chi connectivity index (χ1v) is 19.3. The van der Waals surface area contributed by atoms with Crippen molar-refractivity contribution in [3.8, 4) is 44.5 Å². The molecular formula is C54H35NO2. The maximum absolute atomic E-state index is 6.70. The minimum Gasteiger partial charge on any atom is -0.455 e. The van der Waals surface area contributed by atoms with Crippen LogP contribution in [0.1, 0.15) is 0 Å². The highest BCUT2D eigenvalue weighted by molar-refractivity contribution is 6.12. The van der Waals surface area contributed by atoms with Crippen LogP contribution in [0.15, 0.2) is 221 Å². The summed E-state index contributed by atoms with van der Waals surface area (Å²) in [7, 11) is 0. The van der Waals surface area contributed by atoms with Gasteiger partial charge in [-0.1, -0.05) is 170 Å². The molecular weight excluding hydrogens is 695 g/mol.